The molecular weight excluding hydrogens is 303 g/mol. The first-order chi connectivity index (χ1) is 11.6. The van der Waals surface area contributed by atoms with E-state index >= 15 is 0 Å². The summed E-state index contributed by atoms with van der Waals surface area (Å²) in [5.41, 5.74) is 4.29. The minimum Gasteiger partial charge on any atom is -0.455 e. The van der Waals surface area contributed by atoms with E-state index in [0.717, 1.165) is 22.2 Å². The van der Waals surface area contributed by atoms with Gasteiger partial charge < -0.3 is 4.42 Å². The molecule has 0 radical (unpaired) electrons. The van der Waals surface area contributed by atoms with Crippen LogP contribution in [0.4, 0.5) is 4.39 Å². The molecular formula is C20H14FN2O+. The van der Waals surface area contributed by atoms with Gasteiger partial charge in [0.15, 0.2) is 6.20 Å². The maximum atomic E-state index is 14.0. The molecule has 4 heteroatoms. The van der Waals surface area contributed by atoms with Gasteiger partial charge in [0.2, 0.25) is 5.69 Å². The van der Waals surface area contributed by atoms with E-state index in [4.69, 9.17) is 9.68 Å². The van der Waals surface area contributed by atoms with Gasteiger partial charge in [0.05, 0.1) is 11.1 Å². The van der Waals surface area contributed by atoms with Crippen molar-refractivity contribution in [3.05, 3.63) is 65.6 Å². The number of aromatic nitrogens is 1. The smallest absolute Gasteiger partial charge is 0.216 e. The molecule has 0 atom stereocenters. The number of fused-ring (bicyclic) bond motifs is 3. The zero-order valence-electron chi connectivity index (χ0n) is 13.3. The number of rotatable bonds is 1. The summed E-state index contributed by atoms with van der Waals surface area (Å²) in [5.74, 6) is -0.528. The molecule has 0 fully saturated rings. The number of halogens is 1. The van der Waals surface area contributed by atoms with Gasteiger partial charge in [-0.05, 0) is 24.6 Å². The van der Waals surface area contributed by atoms with E-state index in [1.165, 1.54) is 12.1 Å². The van der Waals surface area contributed by atoms with Gasteiger partial charge in [-0.3, -0.25) is 0 Å². The first-order valence-electron chi connectivity index (χ1n) is 7.60. The lowest BCUT2D eigenvalue weighted by atomic mass is 10.0. The third-order valence-electron chi connectivity index (χ3n) is 4.37. The van der Waals surface area contributed by atoms with Crippen LogP contribution in [-0.4, -0.2) is 0 Å². The molecule has 4 aromatic rings. The first-order valence-corrected chi connectivity index (χ1v) is 7.60. The second-order valence-electron chi connectivity index (χ2n) is 5.87. The summed E-state index contributed by atoms with van der Waals surface area (Å²) in [5, 5.41) is 10.6. The van der Waals surface area contributed by atoms with Crippen LogP contribution in [0.3, 0.4) is 0 Å². The van der Waals surface area contributed by atoms with E-state index < -0.39 is 5.82 Å². The molecule has 0 saturated carbocycles. The summed E-state index contributed by atoms with van der Waals surface area (Å²) in [7, 11) is 1.98. The highest BCUT2D eigenvalue weighted by atomic mass is 19.1. The fraction of sp³-hybridized carbons (Fsp3) is 0.100. The number of benzene rings is 2. The molecule has 3 nitrogen and oxygen atoms in total. The molecule has 0 aliphatic carbocycles. The maximum Gasteiger partial charge on any atom is 0.216 e. The highest BCUT2D eigenvalue weighted by Gasteiger charge is 2.20. The predicted molar refractivity (Wildman–Crippen MR) is 89.7 cm³/mol. The van der Waals surface area contributed by atoms with Gasteiger partial charge in [-0.2, -0.15) is 5.26 Å². The number of furan rings is 1. The van der Waals surface area contributed by atoms with Crippen LogP contribution in [0.1, 0.15) is 11.1 Å². The Bertz CT molecular complexity index is 1150. The van der Waals surface area contributed by atoms with Gasteiger partial charge in [0, 0.05) is 29.0 Å². The Morgan fingerprint density at radius 3 is 2.71 bits per heavy atom. The van der Waals surface area contributed by atoms with Crippen molar-refractivity contribution < 1.29 is 13.4 Å². The van der Waals surface area contributed by atoms with Crippen LogP contribution in [0.5, 0.6) is 0 Å². The third kappa shape index (κ3) is 1.99. The molecule has 0 aliphatic heterocycles. The van der Waals surface area contributed by atoms with E-state index in [-0.39, 0.29) is 5.56 Å². The SMILES string of the molecule is Cc1ccc2c(oc3cc(C#N)c(F)cc32)c1-c1cccc[n+]1C. The molecule has 0 unspecified atom stereocenters. The molecule has 2 heterocycles. The fourth-order valence-electron chi connectivity index (χ4n) is 3.14. The Hall–Kier alpha value is -3.19. The summed E-state index contributed by atoms with van der Waals surface area (Å²) in [4.78, 5) is 0. The van der Waals surface area contributed by atoms with E-state index in [9.17, 15) is 4.39 Å². The van der Waals surface area contributed by atoms with E-state index in [1.54, 1.807) is 0 Å². The van der Waals surface area contributed by atoms with Gasteiger partial charge in [-0.25, -0.2) is 8.96 Å². The average Bonchev–Trinajstić information content (AvgIpc) is 2.92. The van der Waals surface area contributed by atoms with Crippen molar-refractivity contribution in [2.24, 2.45) is 7.05 Å². The molecule has 4 rings (SSSR count). The van der Waals surface area contributed by atoms with E-state index in [0.29, 0.717) is 16.6 Å². The van der Waals surface area contributed by atoms with Crippen LogP contribution >= 0.6 is 0 Å². The van der Waals surface area contributed by atoms with Crippen molar-refractivity contribution >= 4 is 21.9 Å². The third-order valence-corrected chi connectivity index (χ3v) is 4.37. The number of nitriles is 1. The Morgan fingerprint density at radius 1 is 1.12 bits per heavy atom. The van der Waals surface area contributed by atoms with Crippen LogP contribution < -0.4 is 4.57 Å². The molecule has 24 heavy (non-hydrogen) atoms. The lowest BCUT2D eigenvalue weighted by Gasteiger charge is -2.04. The number of aryl methyl sites for hydroxylation is 2. The average molecular weight is 317 g/mol. The Labute approximate surface area is 138 Å². The highest BCUT2D eigenvalue weighted by Crippen LogP contribution is 2.37. The zero-order chi connectivity index (χ0) is 16.8. The Morgan fingerprint density at radius 2 is 1.96 bits per heavy atom. The molecule has 0 spiro atoms. The molecule has 116 valence electrons. The standard InChI is InChI=1S/C20H14FN2O/c1-12-6-7-14-15-10-16(21)13(11-22)9-18(15)24-20(14)19(12)17-5-3-4-8-23(17)2/h3-10H,1-2H3/q+1. The van der Waals surface area contributed by atoms with Gasteiger partial charge in [-0.1, -0.05) is 12.1 Å². The van der Waals surface area contributed by atoms with Crippen molar-refractivity contribution in [1.29, 1.82) is 5.26 Å². The molecule has 2 aromatic carbocycles. The van der Waals surface area contributed by atoms with Crippen molar-refractivity contribution in [2.75, 3.05) is 0 Å². The molecule has 0 saturated heterocycles. The molecule has 0 bridgehead atoms. The molecule has 2 aromatic heterocycles. The van der Waals surface area contributed by atoms with E-state index in [2.05, 4.69) is 0 Å². The monoisotopic (exact) mass is 317 g/mol. The number of nitrogens with zero attached hydrogens (tertiary/aromatic N) is 2. The van der Waals surface area contributed by atoms with Crippen LogP contribution in [0, 0.1) is 24.1 Å². The van der Waals surface area contributed by atoms with Gasteiger partial charge in [0.1, 0.15) is 30.1 Å². The minimum absolute atomic E-state index is 0.00917. The van der Waals surface area contributed by atoms with Crippen molar-refractivity contribution in [2.45, 2.75) is 6.92 Å². The number of hydrogen-bond acceptors (Lipinski definition) is 2. The van der Waals surface area contributed by atoms with Crippen LogP contribution in [0.2, 0.25) is 0 Å². The lowest BCUT2D eigenvalue weighted by molar-refractivity contribution is -0.660. The lowest BCUT2D eigenvalue weighted by Crippen LogP contribution is -2.30. The summed E-state index contributed by atoms with van der Waals surface area (Å²) in [6, 6.07) is 14.6. The normalized spacial score (nSPS) is 11.1. The van der Waals surface area contributed by atoms with Crippen molar-refractivity contribution in [1.82, 2.24) is 0 Å². The van der Waals surface area contributed by atoms with Crippen LogP contribution in [-0.2, 0) is 7.05 Å². The van der Waals surface area contributed by atoms with Crippen molar-refractivity contribution in [3.8, 4) is 17.3 Å². The largest absolute Gasteiger partial charge is 0.455 e. The second-order valence-corrected chi connectivity index (χ2v) is 5.87. The zero-order valence-corrected chi connectivity index (χ0v) is 13.3. The van der Waals surface area contributed by atoms with Gasteiger partial charge in [-0.15, -0.1) is 0 Å². The van der Waals surface area contributed by atoms with E-state index in [1.807, 2.05) is 61.1 Å². The molecule has 0 amide bonds. The first kappa shape index (κ1) is 14.4. The second kappa shape index (κ2) is 5.17. The summed E-state index contributed by atoms with van der Waals surface area (Å²) < 4.78 is 22.1. The van der Waals surface area contributed by atoms with Crippen LogP contribution in [0.25, 0.3) is 33.2 Å². The van der Waals surface area contributed by atoms with Gasteiger partial charge >= 0.3 is 0 Å². The van der Waals surface area contributed by atoms with Gasteiger partial charge in [0.25, 0.3) is 0 Å². The van der Waals surface area contributed by atoms with Crippen molar-refractivity contribution in [3.63, 3.8) is 0 Å². The predicted octanol–water partition coefficient (Wildman–Crippen LogP) is 4.40. The maximum absolute atomic E-state index is 14.0. The summed E-state index contributed by atoms with van der Waals surface area (Å²) in [6.07, 6.45) is 1.98. The fourth-order valence-corrected chi connectivity index (χ4v) is 3.14. The Kier molecular flexibility index (Phi) is 3.10. The number of hydrogen-bond donors (Lipinski definition) is 0. The molecule has 0 aliphatic rings. The van der Waals surface area contributed by atoms with Crippen LogP contribution in [0.15, 0.2) is 53.1 Å². The highest BCUT2D eigenvalue weighted by molar-refractivity contribution is 6.10. The molecule has 0 N–H and O–H groups in total. The minimum atomic E-state index is -0.528. The Balaban J connectivity index is 2.15. The number of pyridine rings is 1. The topological polar surface area (TPSA) is 40.8 Å². The summed E-state index contributed by atoms with van der Waals surface area (Å²) in [6.45, 7) is 2.02. The quantitative estimate of drug-likeness (QED) is 0.488. The summed E-state index contributed by atoms with van der Waals surface area (Å²) >= 11 is 0.